The Bertz CT molecular complexity index is 531. The normalized spacial score (nSPS) is 17.6. The van der Waals surface area contributed by atoms with Crippen LogP contribution in [0.25, 0.3) is 0 Å². The first-order valence-electron chi connectivity index (χ1n) is 8.63. The number of carbonyl (C=O) groups excluding carboxylic acids is 1. The third-order valence-electron chi connectivity index (χ3n) is 4.09. The lowest BCUT2D eigenvalue weighted by Crippen LogP contribution is -2.50. The van der Waals surface area contributed by atoms with Gasteiger partial charge in [-0.25, -0.2) is 4.79 Å². The first-order valence-corrected chi connectivity index (χ1v) is 8.63. The smallest absolute Gasteiger partial charge is 0.410 e. The summed E-state index contributed by atoms with van der Waals surface area (Å²) >= 11 is 0. The molecule has 6 nitrogen and oxygen atoms in total. The summed E-state index contributed by atoms with van der Waals surface area (Å²) in [6, 6.07) is 4.00. The van der Waals surface area contributed by atoms with E-state index in [4.69, 9.17) is 10.5 Å². The van der Waals surface area contributed by atoms with Crippen molar-refractivity contribution in [3.05, 3.63) is 29.6 Å². The maximum Gasteiger partial charge on any atom is 0.410 e. The molecule has 2 heterocycles. The monoisotopic (exact) mass is 334 g/mol. The molecule has 1 amide bonds. The lowest BCUT2D eigenvalue weighted by molar-refractivity contribution is 0.0143. The molecule has 1 aliphatic rings. The average Bonchev–Trinajstić information content (AvgIpc) is 2.52. The van der Waals surface area contributed by atoms with Gasteiger partial charge in [0.05, 0.1) is 5.69 Å². The van der Waals surface area contributed by atoms with E-state index in [2.05, 4.69) is 9.88 Å². The average molecular weight is 334 g/mol. The van der Waals surface area contributed by atoms with Crippen molar-refractivity contribution in [3.63, 3.8) is 0 Å². The second-order valence-corrected chi connectivity index (χ2v) is 7.46. The van der Waals surface area contributed by atoms with Gasteiger partial charge in [-0.1, -0.05) is 6.07 Å². The molecule has 134 valence electrons. The number of pyridine rings is 1. The zero-order chi connectivity index (χ0) is 17.7. The quantitative estimate of drug-likeness (QED) is 0.915. The number of rotatable bonds is 4. The Morgan fingerprint density at radius 1 is 1.29 bits per heavy atom. The van der Waals surface area contributed by atoms with Crippen molar-refractivity contribution in [3.8, 4) is 0 Å². The van der Waals surface area contributed by atoms with Crippen molar-refractivity contribution in [2.45, 2.75) is 45.8 Å². The van der Waals surface area contributed by atoms with Crippen molar-refractivity contribution >= 4 is 6.09 Å². The molecule has 0 aliphatic carbocycles. The number of nitrogens with two attached hydrogens (primary N) is 1. The first kappa shape index (κ1) is 18.7. The highest BCUT2D eigenvalue weighted by Crippen LogP contribution is 2.15. The van der Waals surface area contributed by atoms with Gasteiger partial charge in [-0.15, -0.1) is 0 Å². The Kier molecular flexibility index (Phi) is 6.18. The molecule has 0 radical (unpaired) electrons. The molecule has 1 unspecified atom stereocenters. The predicted molar refractivity (Wildman–Crippen MR) is 94.8 cm³/mol. The summed E-state index contributed by atoms with van der Waals surface area (Å²) < 4.78 is 5.42. The van der Waals surface area contributed by atoms with Gasteiger partial charge in [0.25, 0.3) is 0 Å². The number of amides is 1. The lowest BCUT2D eigenvalue weighted by Gasteiger charge is -2.35. The molecule has 1 fully saturated rings. The highest BCUT2D eigenvalue weighted by atomic mass is 16.6. The van der Waals surface area contributed by atoms with Crippen molar-refractivity contribution in [1.82, 2.24) is 14.8 Å². The molecule has 24 heavy (non-hydrogen) atoms. The summed E-state index contributed by atoms with van der Waals surface area (Å²) in [6.45, 7) is 11.7. The highest BCUT2D eigenvalue weighted by Gasteiger charge is 2.25. The first-order chi connectivity index (χ1) is 11.2. The van der Waals surface area contributed by atoms with Crippen LogP contribution in [0.4, 0.5) is 4.79 Å². The molecule has 0 saturated carbocycles. The number of carbonyl (C=O) groups is 1. The Balaban J connectivity index is 1.73. The summed E-state index contributed by atoms with van der Waals surface area (Å²) in [6.07, 6.45) is 2.50. The van der Waals surface area contributed by atoms with Crippen LogP contribution in [0.3, 0.4) is 0 Å². The van der Waals surface area contributed by atoms with Crippen molar-refractivity contribution in [2.75, 3.05) is 32.7 Å². The van der Waals surface area contributed by atoms with E-state index >= 15 is 0 Å². The third kappa shape index (κ3) is 5.76. The molecule has 6 heteroatoms. The van der Waals surface area contributed by atoms with Crippen LogP contribution < -0.4 is 5.73 Å². The minimum atomic E-state index is -0.442. The molecule has 1 aromatic heterocycles. The highest BCUT2D eigenvalue weighted by molar-refractivity contribution is 5.68. The fraction of sp³-hybridized carbons (Fsp3) is 0.667. The Hall–Kier alpha value is -1.66. The van der Waals surface area contributed by atoms with Crippen molar-refractivity contribution in [2.24, 2.45) is 5.73 Å². The van der Waals surface area contributed by atoms with Crippen LogP contribution in [0.2, 0.25) is 0 Å². The topological polar surface area (TPSA) is 71.7 Å². The van der Waals surface area contributed by atoms with Crippen molar-refractivity contribution < 1.29 is 9.53 Å². The Morgan fingerprint density at radius 3 is 2.50 bits per heavy atom. The molecule has 0 spiro atoms. The number of ether oxygens (including phenoxy) is 1. The number of aromatic nitrogens is 1. The number of nitrogens with zero attached hydrogens (tertiary/aromatic N) is 3. The van der Waals surface area contributed by atoms with E-state index in [9.17, 15) is 4.79 Å². The van der Waals surface area contributed by atoms with Crippen molar-refractivity contribution in [1.29, 1.82) is 0 Å². The van der Waals surface area contributed by atoms with Gasteiger partial charge in [-0.2, -0.15) is 0 Å². The standard InChI is InChI=1S/C18H30N4O2/c1-14-5-6-16(20-13-14)15(19)7-8-21-9-11-22(12-10-21)17(23)24-18(2,3)4/h5-6,13,15H,7-12,19H2,1-4H3. The summed E-state index contributed by atoms with van der Waals surface area (Å²) in [5.41, 5.74) is 7.87. The SMILES string of the molecule is Cc1ccc(C(N)CCN2CCN(C(=O)OC(C)(C)C)CC2)nc1. The van der Waals surface area contributed by atoms with Gasteiger partial charge in [0.2, 0.25) is 0 Å². The molecule has 0 aromatic carbocycles. The zero-order valence-electron chi connectivity index (χ0n) is 15.3. The van der Waals surface area contributed by atoms with Crippen LogP contribution >= 0.6 is 0 Å². The molecule has 1 atom stereocenters. The molecule has 1 aliphatic heterocycles. The van der Waals surface area contributed by atoms with Crippen LogP contribution in [0.5, 0.6) is 0 Å². The van der Waals surface area contributed by atoms with Gasteiger partial charge >= 0.3 is 6.09 Å². The molecular weight excluding hydrogens is 304 g/mol. The Morgan fingerprint density at radius 2 is 1.96 bits per heavy atom. The largest absolute Gasteiger partial charge is 0.444 e. The van der Waals surface area contributed by atoms with Gasteiger partial charge in [-0.05, 0) is 45.7 Å². The molecule has 1 saturated heterocycles. The van der Waals surface area contributed by atoms with Gasteiger partial charge in [0.15, 0.2) is 0 Å². The van der Waals surface area contributed by atoms with Gasteiger partial charge in [0.1, 0.15) is 5.60 Å². The minimum absolute atomic E-state index is 0.0468. The Labute approximate surface area is 145 Å². The maximum absolute atomic E-state index is 12.1. The van der Waals surface area contributed by atoms with E-state index < -0.39 is 5.60 Å². The molecule has 0 bridgehead atoms. The number of hydrogen-bond acceptors (Lipinski definition) is 5. The van der Waals surface area contributed by atoms with E-state index in [1.807, 2.05) is 46.0 Å². The van der Waals surface area contributed by atoms with E-state index in [1.165, 1.54) is 0 Å². The summed E-state index contributed by atoms with van der Waals surface area (Å²) in [7, 11) is 0. The van der Waals surface area contributed by atoms with E-state index in [1.54, 1.807) is 4.90 Å². The van der Waals surface area contributed by atoms with E-state index in [-0.39, 0.29) is 12.1 Å². The van der Waals surface area contributed by atoms with Crippen LogP contribution in [-0.2, 0) is 4.74 Å². The number of hydrogen-bond donors (Lipinski definition) is 1. The van der Waals surface area contributed by atoms with E-state index in [0.717, 1.165) is 37.3 Å². The summed E-state index contributed by atoms with van der Waals surface area (Å²) in [4.78, 5) is 20.6. The second kappa shape index (κ2) is 7.94. The number of piperazine rings is 1. The predicted octanol–water partition coefficient (Wildman–Crippen LogP) is 2.33. The third-order valence-corrected chi connectivity index (χ3v) is 4.09. The van der Waals surface area contributed by atoms with Gasteiger partial charge in [0, 0.05) is 45.0 Å². The van der Waals surface area contributed by atoms with E-state index in [0.29, 0.717) is 13.1 Å². The van der Waals surface area contributed by atoms with Crippen LogP contribution in [0.15, 0.2) is 18.3 Å². The zero-order valence-corrected chi connectivity index (χ0v) is 15.3. The fourth-order valence-corrected chi connectivity index (χ4v) is 2.65. The fourth-order valence-electron chi connectivity index (χ4n) is 2.65. The van der Waals surface area contributed by atoms with Crippen LogP contribution in [0.1, 0.15) is 44.5 Å². The van der Waals surface area contributed by atoms with Gasteiger partial charge in [-0.3, -0.25) is 9.88 Å². The maximum atomic E-state index is 12.1. The number of aryl methyl sites for hydroxylation is 1. The lowest BCUT2D eigenvalue weighted by atomic mass is 10.1. The molecule has 2 N–H and O–H groups in total. The van der Waals surface area contributed by atoms with Gasteiger partial charge < -0.3 is 15.4 Å². The van der Waals surface area contributed by atoms with Crippen LogP contribution in [-0.4, -0.2) is 59.2 Å². The molecular formula is C18H30N4O2. The second-order valence-electron chi connectivity index (χ2n) is 7.46. The summed E-state index contributed by atoms with van der Waals surface area (Å²) in [5, 5.41) is 0. The summed E-state index contributed by atoms with van der Waals surface area (Å²) in [5.74, 6) is 0. The van der Waals surface area contributed by atoms with Crippen LogP contribution in [0, 0.1) is 6.92 Å². The molecule has 1 aromatic rings. The molecule has 2 rings (SSSR count). The minimum Gasteiger partial charge on any atom is -0.444 e.